The highest BCUT2D eigenvalue weighted by Crippen LogP contribution is 2.42. The number of methoxy groups -OCH3 is 1. The molecule has 8 nitrogen and oxygen atoms in total. The molecule has 1 aliphatic rings. The minimum absolute atomic E-state index is 0.159. The van der Waals surface area contributed by atoms with Crippen LogP contribution in [0, 0.1) is 6.92 Å². The Labute approximate surface area is 189 Å². The third-order valence-corrected chi connectivity index (χ3v) is 6.13. The maximum absolute atomic E-state index is 12.9. The molecule has 5 rings (SSSR count). The van der Waals surface area contributed by atoms with Crippen LogP contribution in [0.4, 0.5) is 0 Å². The van der Waals surface area contributed by atoms with Gasteiger partial charge in [-0.15, -0.1) is 11.3 Å². The highest BCUT2D eigenvalue weighted by molar-refractivity contribution is 7.09. The lowest BCUT2D eigenvalue weighted by molar-refractivity contribution is 0.0949. The zero-order chi connectivity index (χ0) is 22.1. The minimum Gasteiger partial charge on any atom is -0.497 e. The lowest BCUT2D eigenvalue weighted by atomic mass is 10.1. The maximum atomic E-state index is 12.9. The second-order valence-corrected chi connectivity index (χ2v) is 8.71. The van der Waals surface area contributed by atoms with E-state index in [0.717, 1.165) is 46.2 Å². The summed E-state index contributed by atoms with van der Waals surface area (Å²) in [4.78, 5) is 26.5. The summed E-state index contributed by atoms with van der Waals surface area (Å²) in [6, 6.07) is 9.56. The number of ether oxygens (including phenoxy) is 1. The molecule has 1 amide bonds. The van der Waals surface area contributed by atoms with Crippen molar-refractivity contribution in [2.24, 2.45) is 0 Å². The quantitative estimate of drug-likeness (QED) is 0.463. The van der Waals surface area contributed by atoms with Crippen molar-refractivity contribution in [3.63, 3.8) is 0 Å². The maximum Gasteiger partial charge on any atom is 0.255 e. The molecule has 1 N–H and O–H groups in total. The van der Waals surface area contributed by atoms with Crippen molar-refractivity contribution in [2.45, 2.75) is 32.2 Å². The average molecular weight is 447 g/mol. The van der Waals surface area contributed by atoms with Crippen LogP contribution in [0.15, 0.2) is 48.1 Å². The van der Waals surface area contributed by atoms with Gasteiger partial charge in [0.15, 0.2) is 0 Å². The van der Waals surface area contributed by atoms with Crippen LogP contribution in [0.5, 0.6) is 5.75 Å². The van der Waals surface area contributed by atoms with E-state index in [1.165, 1.54) is 0 Å². The predicted octanol–water partition coefficient (Wildman–Crippen LogP) is 3.91. The molecular formula is C23H22N6O2S. The van der Waals surface area contributed by atoms with Gasteiger partial charge < -0.3 is 10.1 Å². The van der Waals surface area contributed by atoms with E-state index in [4.69, 9.17) is 9.72 Å². The second kappa shape index (κ2) is 8.51. The number of aryl methyl sites for hydroxylation is 1. The monoisotopic (exact) mass is 446 g/mol. The zero-order valence-corrected chi connectivity index (χ0v) is 18.6. The first kappa shape index (κ1) is 20.3. The number of amides is 1. The van der Waals surface area contributed by atoms with Gasteiger partial charge in [0.25, 0.3) is 11.9 Å². The summed E-state index contributed by atoms with van der Waals surface area (Å²) in [5.41, 5.74) is 3.96. The Balaban J connectivity index is 1.44. The van der Waals surface area contributed by atoms with Crippen molar-refractivity contribution in [3.8, 4) is 23.0 Å². The predicted molar refractivity (Wildman–Crippen MR) is 121 cm³/mol. The van der Waals surface area contributed by atoms with Gasteiger partial charge in [-0.05, 0) is 38.0 Å². The standard InChI is InChI=1S/C23H22N6O2S/c1-14-27-17(13-32-14)11-25-22(30)19-12-26-29(21(19)15-6-7-15)23-24-9-8-20(28-23)16-4-3-5-18(10-16)31-2/h3-5,8-10,12-13,15H,6-7,11H2,1-2H3,(H,25,30). The number of nitrogens with zero attached hydrogens (tertiary/aromatic N) is 5. The molecule has 3 aromatic heterocycles. The molecule has 3 heterocycles. The molecule has 0 bridgehead atoms. The lowest BCUT2D eigenvalue weighted by Crippen LogP contribution is -2.24. The number of carbonyl (C=O) groups is 1. The van der Waals surface area contributed by atoms with Crippen LogP contribution in [-0.2, 0) is 6.54 Å². The van der Waals surface area contributed by atoms with E-state index in [9.17, 15) is 4.79 Å². The second-order valence-electron chi connectivity index (χ2n) is 7.64. The Kier molecular flexibility index (Phi) is 5.40. The first-order valence-corrected chi connectivity index (χ1v) is 11.3. The molecule has 9 heteroatoms. The molecule has 32 heavy (non-hydrogen) atoms. The number of nitrogens with one attached hydrogen (secondary N) is 1. The Hall–Kier alpha value is -3.59. The number of carbonyl (C=O) groups excluding carboxylic acids is 1. The number of aromatic nitrogens is 5. The topological polar surface area (TPSA) is 94.8 Å². The van der Waals surface area contributed by atoms with Crippen LogP contribution >= 0.6 is 11.3 Å². The number of hydrogen-bond donors (Lipinski definition) is 1. The molecule has 1 aliphatic carbocycles. The summed E-state index contributed by atoms with van der Waals surface area (Å²) in [7, 11) is 1.64. The van der Waals surface area contributed by atoms with Crippen LogP contribution in [0.2, 0.25) is 0 Å². The third-order valence-electron chi connectivity index (χ3n) is 5.31. The molecule has 0 aliphatic heterocycles. The molecule has 0 unspecified atom stereocenters. The van der Waals surface area contributed by atoms with Gasteiger partial charge in [0.1, 0.15) is 5.75 Å². The number of hydrogen-bond acceptors (Lipinski definition) is 7. The highest BCUT2D eigenvalue weighted by Gasteiger charge is 2.33. The van der Waals surface area contributed by atoms with E-state index in [-0.39, 0.29) is 11.8 Å². The van der Waals surface area contributed by atoms with Gasteiger partial charge >= 0.3 is 0 Å². The molecule has 0 atom stereocenters. The van der Waals surface area contributed by atoms with Gasteiger partial charge in [0.05, 0.1) is 47.5 Å². The third kappa shape index (κ3) is 4.11. The van der Waals surface area contributed by atoms with E-state index >= 15 is 0 Å². The summed E-state index contributed by atoms with van der Waals surface area (Å²) < 4.78 is 7.02. The molecule has 0 radical (unpaired) electrons. The number of rotatable bonds is 7. The molecular weight excluding hydrogens is 424 g/mol. The van der Waals surface area contributed by atoms with Gasteiger partial charge in [0.2, 0.25) is 0 Å². The fourth-order valence-corrected chi connectivity index (χ4v) is 4.20. The first-order valence-electron chi connectivity index (χ1n) is 10.4. The summed E-state index contributed by atoms with van der Waals surface area (Å²) in [5, 5.41) is 10.4. The van der Waals surface area contributed by atoms with Crippen molar-refractivity contribution < 1.29 is 9.53 Å². The Morgan fingerprint density at radius 2 is 2.16 bits per heavy atom. The Bertz CT molecular complexity index is 1280. The van der Waals surface area contributed by atoms with E-state index < -0.39 is 0 Å². The van der Waals surface area contributed by atoms with E-state index in [2.05, 4.69) is 20.4 Å². The van der Waals surface area contributed by atoms with Gasteiger partial charge in [-0.3, -0.25) is 4.79 Å². The molecule has 162 valence electrons. The van der Waals surface area contributed by atoms with Gasteiger partial charge in [-0.2, -0.15) is 5.10 Å². The van der Waals surface area contributed by atoms with Gasteiger partial charge in [-0.1, -0.05) is 12.1 Å². The van der Waals surface area contributed by atoms with E-state index in [1.54, 1.807) is 35.5 Å². The van der Waals surface area contributed by atoms with Crippen LogP contribution in [0.3, 0.4) is 0 Å². The smallest absolute Gasteiger partial charge is 0.255 e. The summed E-state index contributed by atoms with van der Waals surface area (Å²) in [5.74, 6) is 1.33. The fourth-order valence-electron chi connectivity index (χ4n) is 3.59. The van der Waals surface area contributed by atoms with Gasteiger partial charge in [-0.25, -0.2) is 19.6 Å². The van der Waals surface area contributed by atoms with Crippen molar-refractivity contribution >= 4 is 17.2 Å². The summed E-state index contributed by atoms with van der Waals surface area (Å²) in [6.45, 7) is 2.34. The normalized spacial score (nSPS) is 13.2. The lowest BCUT2D eigenvalue weighted by Gasteiger charge is -2.09. The zero-order valence-electron chi connectivity index (χ0n) is 17.8. The van der Waals surface area contributed by atoms with E-state index in [0.29, 0.717) is 18.1 Å². The van der Waals surface area contributed by atoms with Crippen LogP contribution in [-0.4, -0.2) is 37.7 Å². The molecule has 1 fully saturated rings. The Morgan fingerprint density at radius 3 is 2.91 bits per heavy atom. The molecule has 0 saturated heterocycles. The molecule has 1 aromatic carbocycles. The minimum atomic E-state index is -0.159. The first-order chi connectivity index (χ1) is 15.6. The average Bonchev–Trinajstić information content (AvgIpc) is 3.43. The number of thiazole rings is 1. The summed E-state index contributed by atoms with van der Waals surface area (Å²) >= 11 is 1.57. The van der Waals surface area contributed by atoms with Crippen molar-refractivity contribution in [3.05, 3.63) is 70.1 Å². The van der Waals surface area contributed by atoms with Crippen LogP contribution < -0.4 is 10.1 Å². The van der Waals surface area contributed by atoms with Crippen molar-refractivity contribution in [1.29, 1.82) is 0 Å². The van der Waals surface area contributed by atoms with Crippen molar-refractivity contribution in [1.82, 2.24) is 30.0 Å². The number of benzene rings is 1. The largest absolute Gasteiger partial charge is 0.497 e. The summed E-state index contributed by atoms with van der Waals surface area (Å²) in [6.07, 6.45) is 5.36. The Morgan fingerprint density at radius 1 is 1.28 bits per heavy atom. The SMILES string of the molecule is COc1cccc(-c2ccnc(-n3ncc(C(=O)NCc4csc(C)n4)c3C3CC3)n2)c1. The van der Waals surface area contributed by atoms with Crippen molar-refractivity contribution in [2.75, 3.05) is 7.11 Å². The molecule has 0 spiro atoms. The van der Waals surface area contributed by atoms with Crippen LogP contribution in [0.25, 0.3) is 17.2 Å². The van der Waals surface area contributed by atoms with Crippen LogP contribution in [0.1, 0.15) is 45.5 Å². The molecule has 1 saturated carbocycles. The van der Waals surface area contributed by atoms with E-state index in [1.807, 2.05) is 42.6 Å². The highest BCUT2D eigenvalue weighted by atomic mass is 32.1. The van der Waals surface area contributed by atoms with Gasteiger partial charge in [0, 0.05) is 23.1 Å². The fraction of sp³-hybridized carbons (Fsp3) is 0.261. The molecule has 4 aromatic rings.